The average molecular weight is 410 g/mol. The number of anilines is 2. The topological polar surface area (TPSA) is 96.3 Å². The number of halogens is 2. The summed E-state index contributed by atoms with van der Waals surface area (Å²) in [5, 5.41) is 19.0. The van der Waals surface area contributed by atoms with E-state index in [2.05, 4.69) is 15.7 Å². The number of hydrogen-bond acceptors (Lipinski definition) is 4. The number of hydrogen-bond donors (Lipinski definition) is 3. The van der Waals surface area contributed by atoms with E-state index in [9.17, 15) is 23.5 Å². The molecule has 0 radical (unpaired) electrons. The fourth-order valence-electron chi connectivity index (χ4n) is 3.18. The number of aliphatic carboxylic acids is 1. The maximum atomic E-state index is 14.4. The summed E-state index contributed by atoms with van der Waals surface area (Å²) in [5.74, 6) is -3.33. The second kappa shape index (κ2) is 7.43. The molecule has 0 aliphatic carbocycles. The number of carboxylic acids is 1. The van der Waals surface area contributed by atoms with Gasteiger partial charge in [0.25, 0.3) is 5.91 Å². The number of fused-ring (bicyclic) bond motifs is 1. The molecule has 30 heavy (non-hydrogen) atoms. The summed E-state index contributed by atoms with van der Waals surface area (Å²) in [6.07, 6.45) is 2.51. The zero-order valence-electron chi connectivity index (χ0n) is 15.7. The predicted molar refractivity (Wildman–Crippen MR) is 105 cm³/mol. The summed E-state index contributed by atoms with van der Waals surface area (Å²) in [4.78, 5) is 24.4. The minimum absolute atomic E-state index is 0.0199. The Morgan fingerprint density at radius 1 is 1.17 bits per heavy atom. The number of nitrogens with one attached hydrogen (secondary N) is 2. The van der Waals surface area contributed by atoms with E-state index in [1.165, 1.54) is 23.0 Å². The van der Waals surface area contributed by atoms with Crippen molar-refractivity contribution in [2.24, 2.45) is 0 Å². The molecule has 0 saturated heterocycles. The van der Waals surface area contributed by atoms with E-state index >= 15 is 0 Å². The van der Waals surface area contributed by atoms with Gasteiger partial charge < -0.3 is 15.7 Å². The Kier molecular flexibility index (Phi) is 4.78. The Labute approximate surface area is 169 Å². The number of carboxylic acid groups (broad SMARTS) is 1. The number of carbonyl (C=O) groups excluding carboxylic acids is 1. The van der Waals surface area contributed by atoms with Gasteiger partial charge >= 0.3 is 5.97 Å². The van der Waals surface area contributed by atoms with E-state index < -0.39 is 29.6 Å². The molecule has 1 aliphatic rings. The molecular weight excluding hydrogens is 394 g/mol. The lowest BCUT2D eigenvalue weighted by Crippen LogP contribution is -2.26. The molecule has 0 bridgehead atoms. The van der Waals surface area contributed by atoms with Crippen LogP contribution in [0.15, 0.2) is 60.4 Å². The molecule has 1 atom stereocenters. The zero-order valence-corrected chi connectivity index (χ0v) is 15.7. The van der Waals surface area contributed by atoms with Crippen LogP contribution in [0.5, 0.6) is 0 Å². The van der Waals surface area contributed by atoms with Crippen LogP contribution >= 0.6 is 0 Å². The molecule has 7 nitrogen and oxygen atoms in total. The number of amides is 1. The third kappa shape index (κ3) is 3.52. The second-order valence-electron chi connectivity index (χ2n) is 6.79. The molecule has 2 aromatic carbocycles. The second-order valence-corrected chi connectivity index (χ2v) is 6.79. The summed E-state index contributed by atoms with van der Waals surface area (Å²) >= 11 is 0. The number of allylic oxidation sites excluding steroid dienone is 1. The SMILES string of the molecule is Cc1ccc(NC(=O)c2cnn3c2NC(C(=O)O)=CC3c2ccc(F)cc2F)cc1. The van der Waals surface area contributed by atoms with Gasteiger partial charge in [-0.2, -0.15) is 5.10 Å². The van der Waals surface area contributed by atoms with Crippen LogP contribution < -0.4 is 10.6 Å². The molecule has 1 aromatic heterocycles. The third-order valence-corrected chi connectivity index (χ3v) is 4.70. The highest BCUT2D eigenvalue weighted by atomic mass is 19.1. The molecule has 9 heteroatoms. The first-order valence-corrected chi connectivity index (χ1v) is 8.96. The van der Waals surface area contributed by atoms with Crippen LogP contribution in [0.25, 0.3) is 0 Å². The molecule has 0 fully saturated rings. The Balaban J connectivity index is 1.74. The molecule has 2 heterocycles. The fourth-order valence-corrected chi connectivity index (χ4v) is 3.18. The molecule has 3 N–H and O–H groups in total. The van der Waals surface area contributed by atoms with Gasteiger partial charge in [0.15, 0.2) is 0 Å². The fraction of sp³-hybridized carbons (Fsp3) is 0.0952. The monoisotopic (exact) mass is 410 g/mol. The molecule has 0 spiro atoms. The van der Waals surface area contributed by atoms with Gasteiger partial charge in [0.05, 0.1) is 6.20 Å². The zero-order chi connectivity index (χ0) is 21.4. The molecular formula is C21H16F2N4O3. The Morgan fingerprint density at radius 3 is 2.57 bits per heavy atom. The van der Waals surface area contributed by atoms with Crippen LogP contribution in [0.4, 0.5) is 20.3 Å². The van der Waals surface area contributed by atoms with E-state index in [4.69, 9.17) is 0 Å². The van der Waals surface area contributed by atoms with Gasteiger partial charge in [0, 0.05) is 17.3 Å². The van der Waals surface area contributed by atoms with Gasteiger partial charge in [0.1, 0.15) is 34.8 Å². The molecule has 1 amide bonds. The number of benzene rings is 2. The van der Waals surface area contributed by atoms with Crippen LogP contribution in [0.3, 0.4) is 0 Å². The number of aromatic nitrogens is 2. The van der Waals surface area contributed by atoms with Crippen molar-refractivity contribution in [3.05, 3.63) is 88.8 Å². The Bertz CT molecular complexity index is 1190. The van der Waals surface area contributed by atoms with Gasteiger partial charge in [0.2, 0.25) is 0 Å². The number of nitrogens with zero attached hydrogens (tertiary/aromatic N) is 2. The van der Waals surface area contributed by atoms with Crippen molar-refractivity contribution in [2.75, 3.05) is 10.6 Å². The maximum Gasteiger partial charge on any atom is 0.352 e. The first-order chi connectivity index (χ1) is 14.3. The van der Waals surface area contributed by atoms with Gasteiger partial charge in [-0.25, -0.2) is 18.3 Å². The molecule has 1 unspecified atom stereocenters. The largest absolute Gasteiger partial charge is 0.477 e. The third-order valence-electron chi connectivity index (χ3n) is 4.70. The van der Waals surface area contributed by atoms with Gasteiger partial charge in [-0.1, -0.05) is 23.8 Å². The van der Waals surface area contributed by atoms with Crippen molar-refractivity contribution in [3.8, 4) is 0 Å². The van der Waals surface area contributed by atoms with Crippen molar-refractivity contribution >= 4 is 23.4 Å². The van der Waals surface area contributed by atoms with Gasteiger partial charge in [-0.15, -0.1) is 0 Å². The quantitative estimate of drug-likeness (QED) is 0.610. The van der Waals surface area contributed by atoms with E-state index in [1.54, 1.807) is 12.1 Å². The van der Waals surface area contributed by atoms with E-state index in [0.29, 0.717) is 11.8 Å². The minimum atomic E-state index is -1.29. The van der Waals surface area contributed by atoms with Gasteiger partial charge in [-0.05, 0) is 31.2 Å². The summed E-state index contributed by atoms with van der Waals surface area (Å²) in [7, 11) is 0. The number of carbonyl (C=O) groups is 2. The van der Waals surface area contributed by atoms with E-state index in [0.717, 1.165) is 11.6 Å². The summed E-state index contributed by atoms with van der Waals surface area (Å²) in [6, 6.07) is 9.15. The lowest BCUT2D eigenvalue weighted by atomic mass is 10.0. The molecule has 0 saturated carbocycles. The van der Waals surface area contributed by atoms with Gasteiger partial charge in [-0.3, -0.25) is 4.79 Å². The maximum absolute atomic E-state index is 14.4. The Hall–Kier alpha value is -4.01. The summed E-state index contributed by atoms with van der Waals surface area (Å²) in [5.41, 5.74) is 1.43. The van der Waals surface area contributed by atoms with Crippen LogP contribution in [0.1, 0.15) is 27.5 Å². The first-order valence-electron chi connectivity index (χ1n) is 8.96. The highest BCUT2D eigenvalue weighted by Crippen LogP contribution is 2.33. The molecule has 152 valence electrons. The summed E-state index contributed by atoms with van der Waals surface area (Å²) < 4.78 is 29.0. The standard InChI is InChI=1S/C21H16F2N4O3/c1-11-2-5-13(6-3-11)25-20(28)15-10-24-27-18(9-17(21(29)30)26-19(15)27)14-7-4-12(22)8-16(14)23/h2-10,18,26H,1H3,(H,25,28)(H,29,30). The van der Waals surface area contributed by atoms with Crippen molar-refractivity contribution in [2.45, 2.75) is 13.0 Å². The van der Waals surface area contributed by atoms with Crippen LogP contribution in [-0.4, -0.2) is 26.8 Å². The Morgan fingerprint density at radius 2 is 1.90 bits per heavy atom. The van der Waals surface area contributed by atoms with Crippen molar-refractivity contribution in [3.63, 3.8) is 0 Å². The average Bonchev–Trinajstić information content (AvgIpc) is 3.13. The van der Waals surface area contributed by atoms with Crippen molar-refractivity contribution in [1.82, 2.24) is 9.78 Å². The summed E-state index contributed by atoms with van der Waals surface area (Å²) in [6.45, 7) is 1.91. The predicted octanol–water partition coefficient (Wildman–Crippen LogP) is 3.71. The lowest BCUT2D eigenvalue weighted by Gasteiger charge is -2.24. The molecule has 3 aromatic rings. The van der Waals surface area contributed by atoms with Crippen LogP contribution in [-0.2, 0) is 4.79 Å². The van der Waals surface area contributed by atoms with Crippen LogP contribution in [0, 0.1) is 18.6 Å². The normalized spacial score (nSPS) is 15.0. The van der Waals surface area contributed by atoms with E-state index in [-0.39, 0.29) is 22.6 Å². The van der Waals surface area contributed by atoms with Crippen molar-refractivity contribution < 1.29 is 23.5 Å². The lowest BCUT2D eigenvalue weighted by molar-refractivity contribution is -0.132. The van der Waals surface area contributed by atoms with E-state index in [1.807, 2.05) is 19.1 Å². The minimum Gasteiger partial charge on any atom is -0.477 e. The van der Waals surface area contributed by atoms with Crippen molar-refractivity contribution in [1.29, 1.82) is 0 Å². The van der Waals surface area contributed by atoms with Crippen LogP contribution in [0.2, 0.25) is 0 Å². The highest BCUT2D eigenvalue weighted by molar-refractivity contribution is 6.08. The molecule has 4 rings (SSSR count). The number of rotatable bonds is 4. The smallest absolute Gasteiger partial charge is 0.352 e. The highest BCUT2D eigenvalue weighted by Gasteiger charge is 2.30. The molecule has 1 aliphatic heterocycles. The number of aryl methyl sites for hydroxylation is 1. The first kappa shape index (κ1) is 19.3.